The first kappa shape index (κ1) is 15.8. The number of carbonyl (C=O) groups is 1. The molecule has 2 aromatic rings. The average Bonchev–Trinajstić information content (AvgIpc) is 3.09. The van der Waals surface area contributed by atoms with Crippen LogP contribution in [-0.4, -0.2) is 23.9 Å². The minimum Gasteiger partial charge on any atom is -0.467 e. The fraction of sp³-hybridized carbons (Fsp3) is 0.421. The van der Waals surface area contributed by atoms with E-state index in [4.69, 9.17) is 4.42 Å². The standard InChI is InChI=1S/C19H24N2O2/c1-15-5-2-3-6-17(15)14-21-10-8-16(9-11-21)19(22)20-13-18-7-4-12-23-18/h2-7,12,16H,8-11,13-14H2,1H3,(H,20,22). The fourth-order valence-corrected chi connectivity index (χ4v) is 3.11. The lowest BCUT2D eigenvalue weighted by molar-refractivity contribution is -0.126. The van der Waals surface area contributed by atoms with Crippen molar-refractivity contribution in [3.63, 3.8) is 0 Å². The van der Waals surface area contributed by atoms with Crippen molar-refractivity contribution in [2.24, 2.45) is 5.92 Å². The van der Waals surface area contributed by atoms with Crippen LogP contribution in [0.5, 0.6) is 0 Å². The van der Waals surface area contributed by atoms with Crippen LogP contribution in [0.25, 0.3) is 0 Å². The molecule has 4 nitrogen and oxygen atoms in total. The predicted octanol–water partition coefficient (Wildman–Crippen LogP) is 3.12. The van der Waals surface area contributed by atoms with Gasteiger partial charge in [-0.1, -0.05) is 24.3 Å². The van der Waals surface area contributed by atoms with Crippen LogP contribution in [0.4, 0.5) is 0 Å². The second-order valence-electron chi connectivity index (χ2n) is 6.27. The van der Waals surface area contributed by atoms with Crippen molar-refractivity contribution in [3.05, 3.63) is 59.5 Å². The largest absolute Gasteiger partial charge is 0.467 e. The minimum atomic E-state index is 0.123. The van der Waals surface area contributed by atoms with Crippen molar-refractivity contribution >= 4 is 5.91 Å². The Morgan fingerprint density at radius 3 is 2.70 bits per heavy atom. The molecule has 1 aromatic carbocycles. The van der Waals surface area contributed by atoms with Gasteiger partial charge in [-0.15, -0.1) is 0 Å². The molecule has 1 aliphatic rings. The normalized spacial score (nSPS) is 16.4. The third-order valence-corrected chi connectivity index (χ3v) is 4.63. The molecule has 0 spiro atoms. The summed E-state index contributed by atoms with van der Waals surface area (Å²) >= 11 is 0. The molecular weight excluding hydrogens is 288 g/mol. The van der Waals surface area contributed by atoms with E-state index >= 15 is 0 Å². The summed E-state index contributed by atoms with van der Waals surface area (Å²) in [5, 5.41) is 2.98. The minimum absolute atomic E-state index is 0.123. The maximum Gasteiger partial charge on any atom is 0.223 e. The lowest BCUT2D eigenvalue weighted by atomic mass is 9.95. The molecule has 0 radical (unpaired) electrons. The van der Waals surface area contributed by atoms with E-state index in [0.717, 1.165) is 38.2 Å². The van der Waals surface area contributed by atoms with Crippen LogP contribution in [-0.2, 0) is 17.9 Å². The van der Waals surface area contributed by atoms with E-state index in [0.29, 0.717) is 6.54 Å². The molecule has 0 bridgehead atoms. The molecule has 4 heteroatoms. The number of nitrogens with zero attached hydrogens (tertiary/aromatic N) is 1. The molecule has 1 fully saturated rings. The number of amides is 1. The summed E-state index contributed by atoms with van der Waals surface area (Å²) in [4.78, 5) is 14.7. The second kappa shape index (κ2) is 7.47. The van der Waals surface area contributed by atoms with Gasteiger partial charge >= 0.3 is 0 Å². The Morgan fingerprint density at radius 2 is 2.00 bits per heavy atom. The Morgan fingerprint density at radius 1 is 1.22 bits per heavy atom. The zero-order chi connectivity index (χ0) is 16.1. The zero-order valence-corrected chi connectivity index (χ0v) is 13.6. The van der Waals surface area contributed by atoms with Gasteiger partial charge in [-0.2, -0.15) is 0 Å². The molecular formula is C19H24N2O2. The van der Waals surface area contributed by atoms with Crippen LogP contribution < -0.4 is 5.32 Å². The topological polar surface area (TPSA) is 45.5 Å². The predicted molar refractivity (Wildman–Crippen MR) is 89.7 cm³/mol. The van der Waals surface area contributed by atoms with E-state index in [1.807, 2.05) is 12.1 Å². The Labute approximate surface area is 137 Å². The van der Waals surface area contributed by atoms with E-state index in [1.54, 1.807) is 6.26 Å². The SMILES string of the molecule is Cc1ccccc1CN1CCC(C(=O)NCc2ccco2)CC1. The highest BCUT2D eigenvalue weighted by Gasteiger charge is 2.25. The summed E-state index contributed by atoms with van der Waals surface area (Å²) in [5.74, 6) is 1.07. The summed E-state index contributed by atoms with van der Waals surface area (Å²) in [5.41, 5.74) is 2.72. The average molecular weight is 312 g/mol. The molecule has 2 heterocycles. The highest BCUT2D eigenvalue weighted by molar-refractivity contribution is 5.78. The first-order valence-corrected chi connectivity index (χ1v) is 8.29. The van der Waals surface area contributed by atoms with Gasteiger partial charge in [-0.05, 0) is 56.1 Å². The maximum atomic E-state index is 12.2. The molecule has 23 heavy (non-hydrogen) atoms. The van der Waals surface area contributed by atoms with Gasteiger partial charge in [-0.3, -0.25) is 9.69 Å². The van der Waals surface area contributed by atoms with Crippen molar-refractivity contribution in [2.45, 2.75) is 32.9 Å². The molecule has 1 saturated heterocycles. The maximum absolute atomic E-state index is 12.2. The smallest absolute Gasteiger partial charge is 0.223 e. The van der Waals surface area contributed by atoms with E-state index in [-0.39, 0.29) is 11.8 Å². The van der Waals surface area contributed by atoms with Crippen molar-refractivity contribution in [1.29, 1.82) is 0 Å². The molecule has 1 N–H and O–H groups in total. The first-order chi connectivity index (χ1) is 11.2. The van der Waals surface area contributed by atoms with Crippen molar-refractivity contribution < 1.29 is 9.21 Å². The number of nitrogens with one attached hydrogen (secondary N) is 1. The van der Waals surface area contributed by atoms with Gasteiger partial charge < -0.3 is 9.73 Å². The van der Waals surface area contributed by atoms with Crippen LogP contribution in [0.1, 0.15) is 29.7 Å². The monoisotopic (exact) mass is 312 g/mol. The van der Waals surface area contributed by atoms with Crippen molar-refractivity contribution in [3.8, 4) is 0 Å². The van der Waals surface area contributed by atoms with Gasteiger partial charge in [-0.25, -0.2) is 0 Å². The zero-order valence-electron chi connectivity index (χ0n) is 13.6. The van der Waals surface area contributed by atoms with Crippen molar-refractivity contribution in [1.82, 2.24) is 10.2 Å². The van der Waals surface area contributed by atoms with E-state index < -0.39 is 0 Å². The summed E-state index contributed by atoms with van der Waals surface area (Å²) in [7, 11) is 0. The van der Waals surface area contributed by atoms with Crippen LogP contribution in [0, 0.1) is 12.8 Å². The molecule has 1 aliphatic heterocycles. The molecule has 0 saturated carbocycles. The van der Waals surface area contributed by atoms with E-state index in [9.17, 15) is 4.79 Å². The number of likely N-dealkylation sites (tertiary alicyclic amines) is 1. The van der Waals surface area contributed by atoms with Crippen LogP contribution in [0.3, 0.4) is 0 Å². The number of rotatable bonds is 5. The Hall–Kier alpha value is -2.07. The van der Waals surface area contributed by atoms with E-state index in [1.165, 1.54) is 11.1 Å². The number of carbonyl (C=O) groups excluding carboxylic acids is 1. The molecule has 122 valence electrons. The Kier molecular flexibility index (Phi) is 5.13. The van der Waals surface area contributed by atoms with Gasteiger partial charge in [0.2, 0.25) is 5.91 Å². The molecule has 0 atom stereocenters. The highest BCUT2D eigenvalue weighted by atomic mass is 16.3. The second-order valence-corrected chi connectivity index (χ2v) is 6.27. The summed E-state index contributed by atoms with van der Waals surface area (Å²) in [6, 6.07) is 12.2. The number of hydrogen-bond acceptors (Lipinski definition) is 3. The quantitative estimate of drug-likeness (QED) is 0.922. The Balaban J connectivity index is 1.44. The van der Waals surface area contributed by atoms with Gasteiger partial charge in [0.15, 0.2) is 0 Å². The number of aryl methyl sites for hydroxylation is 1. The van der Waals surface area contributed by atoms with E-state index in [2.05, 4.69) is 41.4 Å². The third-order valence-electron chi connectivity index (χ3n) is 4.63. The van der Waals surface area contributed by atoms with Gasteiger partial charge in [0, 0.05) is 12.5 Å². The van der Waals surface area contributed by atoms with Crippen LogP contribution in [0.15, 0.2) is 47.1 Å². The van der Waals surface area contributed by atoms with Gasteiger partial charge in [0.05, 0.1) is 12.8 Å². The lowest BCUT2D eigenvalue weighted by Crippen LogP contribution is -2.40. The molecule has 0 unspecified atom stereocenters. The highest BCUT2D eigenvalue weighted by Crippen LogP contribution is 2.20. The number of piperidine rings is 1. The molecule has 3 rings (SSSR count). The number of furan rings is 1. The van der Waals surface area contributed by atoms with Gasteiger partial charge in [0.1, 0.15) is 5.76 Å². The summed E-state index contributed by atoms with van der Waals surface area (Å²) in [6.07, 6.45) is 3.48. The van der Waals surface area contributed by atoms with Crippen LogP contribution >= 0.6 is 0 Å². The summed E-state index contributed by atoms with van der Waals surface area (Å²) < 4.78 is 5.24. The number of benzene rings is 1. The lowest BCUT2D eigenvalue weighted by Gasteiger charge is -2.31. The Bertz CT molecular complexity index is 629. The van der Waals surface area contributed by atoms with Crippen molar-refractivity contribution in [2.75, 3.05) is 13.1 Å². The number of hydrogen-bond donors (Lipinski definition) is 1. The van der Waals surface area contributed by atoms with Gasteiger partial charge in [0.25, 0.3) is 0 Å². The van der Waals surface area contributed by atoms with Crippen LogP contribution in [0.2, 0.25) is 0 Å². The molecule has 1 amide bonds. The first-order valence-electron chi connectivity index (χ1n) is 8.29. The fourth-order valence-electron chi connectivity index (χ4n) is 3.11. The third kappa shape index (κ3) is 4.23. The molecule has 1 aromatic heterocycles. The summed E-state index contributed by atoms with van der Waals surface area (Å²) in [6.45, 7) is 5.58. The molecule has 0 aliphatic carbocycles.